The fraction of sp³-hybridized carbons (Fsp3) is 0.400. The van der Waals surface area contributed by atoms with Gasteiger partial charge in [0.25, 0.3) is 5.56 Å². The minimum absolute atomic E-state index is 0.125. The monoisotopic (exact) mass is 401 g/mol. The number of carbonyl (C=O) groups is 2. The van der Waals surface area contributed by atoms with Crippen molar-refractivity contribution in [1.82, 2.24) is 9.55 Å². The van der Waals surface area contributed by atoms with Crippen molar-refractivity contribution in [3.63, 3.8) is 0 Å². The number of anilines is 1. The lowest BCUT2D eigenvalue weighted by Gasteiger charge is -2.19. The van der Waals surface area contributed by atoms with Gasteiger partial charge in [-0.05, 0) is 24.3 Å². The van der Waals surface area contributed by atoms with E-state index in [0.717, 1.165) is 5.69 Å². The number of hydrogen-bond donors (Lipinski definition) is 1. The summed E-state index contributed by atoms with van der Waals surface area (Å²) in [5, 5.41) is 3.47. The Bertz CT molecular complexity index is 961. The van der Waals surface area contributed by atoms with E-state index in [4.69, 9.17) is 0 Å². The zero-order valence-electron chi connectivity index (χ0n) is 16.3. The molecule has 0 radical (unpaired) electrons. The highest BCUT2D eigenvalue weighted by Gasteiger charge is 2.29. The van der Waals surface area contributed by atoms with Crippen LogP contribution in [0.2, 0.25) is 0 Å². The first-order valence-electron chi connectivity index (χ1n) is 8.94. The molecule has 1 aliphatic heterocycles. The lowest BCUT2D eigenvalue weighted by molar-refractivity contribution is -0.116. The van der Waals surface area contributed by atoms with Crippen LogP contribution < -0.4 is 10.9 Å². The molecule has 1 aromatic carbocycles. The Hall–Kier alpha value is -2.61. The molecule has 148 valence electrons. The molecule has 2 aromatic rings. The van der Waals surface area contributed by atoms with Crippen molar-refractivity contribution in [2.75, 3.05) is 18.2 Å². The molecule has 0 aliphatic carbocycles. The molecule has 7 nitrogen and oxygen atoms in total. The number of rotatable bonds is 4. The molecule has 1 atom stereocenters. The normalized spacial score (nSPS) is 15.8. The minimum Gasteiger partial charge on any atom is -0.465 e. The molecule has 28 heavy (non-hydrogen) atoms. The standard InChI is InChI=1S/C20H23N3O4S/c1-20(2,3)15-10-17(25)23-14(11-28-19(23)22-15)9-16(24)21-13-7-5-12(6-8-13)18(26)27-4/h5-8,10,14H,9,11H2,1-4H3,(H,21,24). The zero-order valence-corrected chi connectivity index (χ0v) is 17.1. The summed E-state index contributed by atoms with van der Waals surface area (Å²) in [4.78, 5) is 41.1. The number of nitrogens with zero attached hydrogens (tertiary/aromatic N) is 2. The van der Waals surface area contributed by atoms with Crippen molar-refractivity contribution < 1.29 is 14.3 Å². The van der Waals surface area contributed by atoms with Crippen molar-refractivity contribution in [3.8, 4) is 0 Å². The molecular formula is C20H23N3O4S. The number of esters is 1. The van der Waals surface area contributed by atoms with Crippen LogP contribution in [0, 0.1) is 0 Å². The highest BCUT2D eigenvalue weighted by Crippen LogP contribution is 2.33. The first-order valence-corrected chi connectivity index (χ1v) is 9.92. The first-order chi connectivity index (χ1) is 13.2. The Morgan fingerprint density at radius 1 is 1.29 bits per heavy atom. The highest BCUT2D eigenvalue weighted by atomic mass is 32.2. The summed E-state index contributed by atoms with van der Waals surface area (Å²) >= 11 is 1.50. The summed E-state index contributed by atoms with van der Waals surface area (Å²) in [6, 6.07) is 7.79. The van der Waals surface area contributed by atoms with Crippen LogP contribution in [0.3, 0.4) is 0 Å². The Balaban J connectivity index is 1.70. The van der Waals surface area contributed by atoms with Gasteiger partial charge < -0.3 is 10.1 Å². The molecule has 0 fully saturated rings. The second-order valence-electron chi connectivity index (χ2n) is 7.67. The predicted molar refractivity (Wildman–Crippen MR) is 108 cm³/mol. The molecule has 2 heterocycles. The van der Waals surface area contributed by atoms with E-state index in [-0.39, 0.29) is 29.3 Å². The number of benzene rings is 1. The topological polar surface area (TPSA) is 90.3 Å². The zero-order chi connectivity index (χ0) is 20.5. The smallest absolute Gasteiger partial charge is 0.337 e. The van der Waals surface area contributed by atoms with Gasteiger partial charge in [-0.1, -0.05) is 32.5 Å². The van der Waals surface area contributed by atoms with Crippen LogP contribution in [-0.4, -0.2) is 34.3 Å². The average Bonchev–Trinajstić information content (AvgIpc) is 3.04. The van der Waals surface area contributed by atoms with Crippen LogP contribution in [0.15, 0.2) is 40.3 Å². The Morgan fingerprint density at radius 2 is 1.96 bits per heavy atom. The third-order valence-electron chi connectivity index (χ3n) is 4.47. The fourth-order valence-corrected chi connectivity index (χ4v) is 4.07. The molecule has 1 unspecified atom stereocenters. The quantitative estimate of drug-likeness (QED) is 0.626. The van der Waals surface area contributed by atoms with Gasteiger partial charge in [0, 0.05) is 29.3 Å². The summed E-state index contributed by atoms with van der Waals surface area (Å²) in [5.41, 5.74) is 1.42. The van der Waals surface area contributed by atoms with Crippen molar-refractivity contribution in [3.05, 3.63) is 51.9 Å². The third kappa shape index (κ3) is 4.27. The molecule has 1 amide bonds. The minimum atomic E-state index is -0.432. The summed E-state index contributed by atoms with van der Waals surface area (Å²) in [6.45, 7) is 6.05. The maximum atomic E-state index is 12.6. The number of carbonyl (C=O) groups excluding carboxylic acids is 2. The second-order valence-corrected chi connectivity index (χ2v) is 8.66. The number of ether oxygens (including phenoxy) is 1. The molecule has 0 saturated heterocycles. The van der Waals surface area contributed by atoms with Gasteiger partial charge in [-0.15, -0.1) is 0 Å². The van der Waals surface area contributed by atoms with Crippen molar-refractivity contribution in [2.24, 2.45) is 0 Å². The van der Waals surface area contributed by atoms with Gasteiger partial charge in [0.1, 0.15) is 0 Å². The Kier molecular flexibility index (Phi) is 5.60. The van der Waals surface area contributed by atoms with Gasteiger partial charge >= 0.3 is 5.97 Å². The van der Waals surface area contributed by atoms with Crippen molar-refractivity contribution >= 4 is 29.3 Å². The number of thioether (sulfide) groups is 1. The lowest BCUT2D eigenvalue weighted by atomic mass is 9.92. The van der Waals surface area contributed by atoms with Gasteiger partial charge in [-0.2, -0.15) is 0 Å². The SMILES string of the molecule is COC(=O)c1ccc(NC(=O)CC2CSc3nc(C(C)(C)C)cc(=O)n32)cc1. The Morgan fingerprint density at radius 3 is 2.57 bits per heavy atom. The summed E-state index contributed by atoms with van der Waals surface area (Å²) in [7, 11) is 1.32. The number of fused-ring (bicyclic) bond motifs is 1. The lowest BCUT2D eigenvalue weighted by Crippen LogP contribution is -2.29. The van der Waals surface area contributed by atoms with E-state index in [2.05, 4.69) is 15.0 Å². The predicted octanol–water partition coefficient (Wildman–Crippen LogP) is 3.00. The summed E-state index contributed by atoms with van der Waals surface area (Å²) in [6.07, 6.45) is 0.176. The van der Waals surface area contributed by atoms with Crippen LogP contribution in [0.4, 0.5) is 5.69 Å². The van der Waals surface area contributed by atoms with Gasteiger partial charge in [0.2, 0.25) is 5.91 Å². The van der Waals surface area contributed by atoms with E-state index in [1.54, 1.807) is 34.9 Å². The van der Waals surface area contributed by atoms with Gasteiger partial charge in [-0.3, -0.25) is 14.2 Å². The van der Waals surface area contributed by atoms with Crippen molar-refractivity contribution in [1.29, 1.82) is 0 Å². The number of amides is 1. The second kappa shape index (κ2) is 7.79. The number of hydrogen-bond acceptors (Lipinski definition) is 6. The number of methoxy groups -OCH3 is 1. The van der Waals surface area contributed by atoms with E-state index >= 15 is 0 Å². The first kappa shape index (κ1) is 20.1. The summed E-state index contributed by atoms with van der Waals surface area (Å²) < 4.78 is 6.26. The molecule has 3 rings (SSSR count). The van der Waals surface area contributed by atoms with E-state index in [9.17, 15) is 14.4 Å². The Labute approximate surface area is 167 Å². The maximum absolute atomic E-state index is 12.6. The molecule has 1 aromatic heterocycles. The van der Waals surface area contributed by atoms with E-state index in [1.165, 1.54) is 18.9 Å². The molecule has 0 spiro atoms. The van der Waals surface area contributed by atoms with Gasteiger partial charge in [0.05, 0.1) is 24.4 Å². The van der Waals surface area contributed by atoms with Crippen LogP contribution in [-0.2, 0) is 14.9 Å². The number of nitrogens with one attached hydrogen (secondary N) is 1. The number of aromatic nitrogens is 2. The van der Waals surface area contributed by atoms with Crippen molar-refractivity contribution in [2.45, 2.75) is 43.8 Å². The van der Waals surface area contributed by atoms with E-state index in [0.29, 0.717) is 22.2 Å². The van der Waals surface area contributed by atoms with Crippen LogP contribution in [0.5, 0.6) is 0 Å². The third-order valence-corrected chi connectivity index (χ3v) is 5.57. The van der Waals surface area contributed by atoms with E-state index in [1.807, 2.05) is 20.8 Å². The van der Waals surface area contributed by atoms with Crippen LogP contribution >= 0.6 is 11.8 Å². The highest BCUT2D eigenvalue weighted by molar-refractivity contribution is 7.99. The molecule has 1 aliphatic rings. The molecule has 0 bridgehead atoms. The van der Waals surface area contributed by atoms with E-state index < -0.39 is 5.97 Å². The largest absolute Gasteiger partial charge is 0.465 e. The van der Waals surface area contributed by atoms with Gasteiger partial charge in [-0.25, -0.2) is 9.78 Å². The van der Waals surface area contributed by atoms with Crippen LogP contribution in [0.1, 0.15) is 49.3 Å². The molecule has 0 saturated carbocycles. The molecule has 1 N–H and O–H groups in total. The molecular weight excluding hydrogens is 378 g/mol. The molecule has 8 heteroatoms. The van der Waals surface area contributed by atoms with Crippen LogP contribution in [0.25, 0.3) is 0 Å². The summed E-state index contributed by atoms with van der Waals surface area (Å²) in [5.74, 6) is -0.000102. The average molecular weight is 401 g/mol. The van der Waals surface area contributed by atoms with Gasteiger partial charge in [0.15, 0.2) is 5.16 Å². The maximum Gasteiger partial charge on any atom is 0.337 e. The fourth-order valence-electron chi connectivity index (χ4n) is 2.92.